The molecule has 1 atom stereocenters. The molecule has 1 unspecified atom stereocenters. The van der Waals surface area contributed by atoms with Gasteiger partial charge in [0, 0.05) is 23.7 Å². The van der Waals surface area contributed by atoms with Gasteiger partial charge in [-0.15, -0.1) is 10.2 Å². The van der Waals surface area contributed by atoms with E-state index < -0.39 is 0 Å². The Hall–Kier alpha value is -2.58. The van der Waals surface area contributed by atoms with E-state index in [1.165, 1.54) is 6.07 Å². The molecule has 8 heteroatoms. The van der Waals surface area contributed by atoms with E-state index in [1.54, 1.807) is 16.8 Å². The summed E-state index contributed by atoms with van der Waals surface area (Å²) in [5, 5.41) is 13.1. The van der Waals surface area contributed by atoms with Crippen LogP contribution in [0.15, 0.2) is 28.7 Å². The van der Waals surface area contributed by atoms with E-state index in [1.807, 2.05) is 19.9 Å². The Morgan fingerprint density at radius 2 is 2.00 bits per heavy atom. The largest absolute Gasteiger partial charge is 0.424 e. The van der Waals surface area contributed by atoms with Gasteiger partial charge in [-0.2, -0.15) is 5.10 Å². The minimum atomic E-state index is -0.292. The highest BCUT2D eigenvalue weighted by atomic mass is 19.1. The zero-order chi connectivity index (χ0) is 20.0. The first kappa shape index (κ1) is 18.4. The smallest absolute Gasteiger partial charge is 0.230 e. The second-order valence-corrected chi connectivity index (χ2v) is 7.82. The molecule has 0 bridgehead atoms. The van der Waals surface area contributed by atoms with E-state index in [2.05, 4.69) is 20.2 Å². The van der Waals surface area contributed by atoms with Crippen LogP contribution in [-0.2, 0) is 11.3 Å². The van der Waals surface area contributed by atoms with E-state index in [4.69, 9.17) is 9.15 Å². The SMILES string of the molecule is Cc1nn(-c2ccccc2F)c(C)c1C1COCCN1Cc1nnc(C2CC2)o1. The third-order valence-corrected chi connectivity index (χ3v) is 5.75. The second-order valence-electron chi connectivity index (χ2n) is 7.82. The highest BCUT2D eigenvalue weighted by Gasteiger charge is 2.33. The van der Waals surface area contributed by atoms with Gasteiger partial charge in [0.1, 0.15) is 11.5 Å². The van der Waals surface area contributed by atoms with Crippen molar-refractivity contribution in [1.82, 2.24) is 24.9 Å². The third kappa shape index (κ3) is 3.47. The summed E-state index contributed by atoms with van der Waals surface area (Å²) in [7, 11) is 0. The molecule has 0 radical (unpaired) electrons. The normalized spacial score (nSPS) is 20.3. The summed E-state index contributed by atoms with van der Waals surface area (Å²) in [4.78, 5) is 2.29. The van der Waals surface area contributed by atoms with Crippen LogP contribution in [0.1, 0.15) is 53.5 Å². The van der Waals surface area contributed by atoms with E-state index >= 15 is 0 Å². The summed E-state index contributed by atoms with van der Waals surface area (Å²) in [5.41, 5.74) is 3.30. The van der Waals surface area contributed by atoms with Crippen LogP contribution in [0.2, 0.25) is 0 Å². The fourth-order valence-electron chi connectivity index (χ4n) is 4.09. The number of nitrogens with zero attached hydrogens (tertiary/aromatic N) is 5. The average Bonchev–Trinajstić information content (AvgIpc) is 3.40. The molecule has 0 spiro atoms. The van der Waals surface area contributed by atoms with Crippen LogP contribution in [0.5, 0.6) is 0 Å². The number of morpholine rings is 1. The minimum Gasteiger partial charge on any atom is -0.424 e. The Balaban J connectivity index is 1.45. The van der Waals surface area contributed by atoms with Gasteiger partial charge in [-0.25, -0.2) is 9.07 Å². The van der Waals surface area contributed by atoms with Gasteiger partial charge in [0.25, 0.3) is 0 Å². The minimum absolute atomic E-state index is 0.000508. The highest BCUT2D eigenvalue weighted by Crippen LogP contribution is 2.39. The number of hydrogen-bond acceptors (Lipinski definition) is 6. The van der Waals surface area contributed by atoms with Crippen LogP contribution in [-0.4, -0.2) is 44.6 Å². The van der Waals surface area contributed by atoms with Gasteiger partial charge in [0.2, 0.25) is 11.8 Å². The first-order chi connectivity index (χ1) is 14.1. The van der Waals surface area contributed by atoms with Crippen LogP contribution in [0.4, 0.5) is 4.39 Å². The van der Waals surface area contributed by atoms with Crippen LogP contribution in [0.3, 0.4) is 0 Å². The second kappa shape index (κ2) is 7.35. The summed E-state index contributed by atoms with van der Waals surface area (Å²) in [6.07, 6.45) is 2.27. The van der Waals surface area contributed by atoms with Crippen molar-refractivity contribution in [2.24, 2.45) is 0 Å². The van der Waals surface area contributed by atoms with E-state index in [9.17, 15) is 4.39 Å². The molecule has 1 saturated heterocycles. The number of aryl methyl sites for hydroxylation is 1. The van der Waals surface area contributed by atoms with Gasteiger partial charge < -0.3 is 9.15 Å². The standard InChI is InChI=1S/C21H24FN5O2/c1-13-20(14(2)27(25-13)17-6-4-3-5-16(17)22)18-12-28-10-9-26(18)11-19-23-24-21(29-19)15-7-8-15/h3-6,15,18H,7-12H2,1-2H3. The molecule has 29 heavy (non-hydrogen) atoms. The Kier molecular flexibility index (Phi) is 4.67. The Morgan fingerprint density at radius 1 is 1.17 bits per heavy atom. The zero-order valence-electron chi connectivity index (χ0n) is 16.6. The monoisotopic (exact) mass is 397 g/mol. The summed E-state index contributed by atoms with van der Waals surface area (Å²) in [6.45, 7) is 6.47. The molecule has 152 valence electrons. The number of benzene rings is 1. The molecular weight excluding hydrogens is 373 g/mol. The van der Waals surface area contributed by atoms with Crippen molar-refractivity contribution in [3.63, 3.8) is 0 Å². The first-order valence-corrected chi connectivity index (χ1v) is 10.1. The summed E-state index contributed by atoms with van der Waals surface area (Å²) >= 11 is 0. The predicted molar refractivity (Wildman–Crippen MR) is 103 cm³/mol. The van der Waals surface area contributed by atoms with Gasteiger partial charge in [-0.3, -0.25) is 4.90 Å². The van der Waals surface area contributed by atoms with E-state index in [0.29, 0.717) is 37.3 Å². The number of aromatic nitrogens is 4. The van der Waals surface area contributed by atoms with Crippen molar-refractivity contribution in [2.45, 2.75) is 45.2 Å². The van der Waals surface area contributed by atoms with Gasteiger partial charge in [-0.05, 0) is 38.8 Å². The number of halogens is 1. The predicted octanol–water partition coefficient (Wildman–Crippen LogP) is 3.46. The molecule has 0 amide bonds. The van der Waals surface area contributed by atoms with Gasteiger partial charge in [0.05, 0.1) is 31.5 Å². The van der Waals surface area contributed by atoms with Crippen molar-refractivity contribution in [3.05, 3.63) is 58.8 Å². The number of ether oxygens (including phenoxy) is 1. The van der Waals surface area contributed by atoms with Gasteiger partial charge in [-0.1, -0.05) is 12.1 Å². The molecule has 1 aromatic carbocycles. The molecule has 1 saturated carbocycles. The fraction of sp³-hybridized carbons (Fsp3) is 0.476. The van der Waals surface area contributed by atoms with Crippen molar-refractivity contribution in [2.75, 3.05) is 19.8 Å². The van der Waals surface area contributed by atoms with E-state index in [0.717, 1.165) is 42.2 Å². The quantitative estimate of drug-likeness (QED) is 0.657. The maximum atomic E-state index is 14.4. The maximum absolute atomic E-state index is 14.4. The van der Waals surface area contributed by atoms with Crippen LogP contribution >= 0.6 is 0 Å². The van der Waals surface area contributed by atoms with Crippen LogP contribution in [0.25, 0.3) is 5.69 Å². The fourth-order valence-corrected chi connectivity index (χ4v) is 4.09. The molecule has 2 fully saturated rings. The number of rotatable bonds is 5. The van der Waals surface area contributed by atoms with Crippen LogP contribution in [0, 0.1) is 19.7 Å². The van der Waals surface area contributed by atoms with Gasteiger partial charge in [0.15, 0.2) is 0 Å². The molecule has 2 aromatic heterocycles. The van der Waals surface area contributed by atoms with Crippen molar-refractivity contribution in [1.29, 1.82) is 0 Å². The lowest BCUT2D eigenvalue weighted by Crippen LogP contribution is -2.39. The zero-order valence-corrected chi connectivity index (χ0v) is 16.6. The highest BCUT2D eigenvalue weighted by molar-refractivity contribution is 5.39. The molecule has 2 aliphatic rings. The molecule has 0 N–H and O–H groups in total. The summed E-state index contributed by atoms with van der Waals surface area (Å²) in [6, 6.07) is 6.70. The lowest BCUT2D eigenvalue weighted by atomic mass is 10.0. The number of hydrogen-bond donors (Lipinski definition) is 0. The Labute approximate surface area is 168 Å². The molecule has 7 nitrogen and oxygen atoms in total. The van der Waals surface area contributed by atoms with Crippen LogP contribution < -0.4 is 0 Å². The summed E-state index contributed by atoms with van der Waals surface area (Å²) in [5.74, 6) is 1.54. The molecule has 3 heterocycles. The molecule has 1 aliphatic heterocycles. The molecule has 3 aromatic rings. The van der Waals surface area contributed by atoms with Crippen molar-refractivity contribution >= 4 is 0 Å². The Bertz CT molecular complexity index is 1030. The maximum Gasteiger partial charge on any atom is 0.230 e. The van der Waals surface area contributed by atoms with Gasteiger partial charge >= 0.3 is 0 Å². The third-order valence-electron chi connectivity index (χ3n) is 5.75. The van der Waals surface area contributed by atoms with Crippen molar-refractivity contribution < 1.29 is 13.5 Å². The number of para-hydroxylation sites is 1. The topological polar surface area (TPSA) is 69.2 Å². The lowest BCUT2D eigenvalue weighted by molar-refractivity contribution is -0.0167. The van der Waals surface area contributed by atoms with E-state index in [-0.39, 0.29) is 11.9 Å². The average molecular weight is 397 g/mol. The van der Waals surface area contributed by atoms with Crippen molar-refractivity contribution in [3.8, 4) is 5.69 Å². The first-order valence-electron chi connectivity index (χ1n) is 10.1. The molecule has 5 rings (SSSR count). The lowest BCUT2D eigenvalue weighted by Gasteiger charge is -2.35. The Morgan fingerprint density at radius 3 is 2.79 bits per heavy atom. The summed E-state index contributed by atoms with van der Waals surface area (Å²) < 4.78 is 27.7. The molecular formula is C21H24FN5O2. The molecule has 1 aliphatic carbocycles.